The summed E-state index contributed by atoms with van der Waals surface area (Å²) in [6, 6.07) is 13.2. The molecular formula is C21H23NO5. The summed E-state index contributed by atoms with van der Waals surface area (Å²) in [7, 11) is 6.30. The predicted octanol–water partition coefficient (Wildman–Crippen LogP) is 3.28. The number of amides is 1. The van der Waals surface area contributed by atoms with Gasteiger partial charge in [-0.2, -0.15) is 0 Å². The number of benzene rings is 2. The van der Waals surface area contributed by atoms with E-state index in [1.807, 2.05) is 48.5 Å². The fraction of sp³-hybridized carbons (Fsp3) is 0.286. The number of methoxy groups -OCH3 is 4. The van der Waals surface area contributed by atoms with Gasteiger partial charge in [0.15, 0.2) is 17.8 Å². The number of fused-ring (bicyclic) bond motifs is 1. The van der Waals surface area contributed by atoms with E-state index in [1.54, 1.807) is 33.3 Å². The highest BCUT2D eigenvalue weighted by atomic mass is 16.7. The first kappa shape index (κ1) is 18.9. The van der Waals surface area contributed by atoms with Crippen molar-refractivity contribution < 1.29 is 23.7 Å². The number of hydrogen-bond acceptors (Lipinski definition) is 5. The largest absolute Gasteiger partial charge is 0.493 e. The lowest BCUT2D eigenvalue weighted by atomic mass is 10.1. The first-order valence-electron chi connectivity index (χ1n) is 8.53. The number of ether oxygens (including phenoxy) is 4. The van der Waals surface area contributed by atoms with Gasteiger partial charge < -0.3 is 23.8 Å². The molecule has 6 nitrogen and oxygen atoms in total. The fourth-order valence-corrected chi connectivity index (χ4v) is 3.12. The summed E-state index contributed by atoms with van der Waals surface area (Å²) in [4.78, 5) is 14.6. The molecule has 0 bridgehead atoms. The van der Waals surface area contributed by atoms with Crippen LogP contribution in [0.3, 0.4) is 0 Å². The van der Waals surface area contributed by atoms with E-state index in [0.717, 1.165) is 16.8 Å². The Morgan fingerprint density at radius 3 is 2.22 bits per heavy atom. The summed E-state index contributed by atoms with van der Waals surface area (Å²) in [5, 5.41) is 0. The number of hydrogen-bond donors (Lipinski definition) is 0. The van der Waals surface area contributed by atoms with Gasteiger partial charge in [-0.1, -0.05) is 24.3 Å². The molecule has 0 atom stereocenters. The molecule has 2 aromatic rings. The lowest BCUT2D eigenvalue weighted by molar-refractivity contribution is -0.107. The summed E-state index contributed by atoms with van der Waals surface area (Å²) in [5.41, 5.74) is 3.23. The van der Waals surface area contributed by atoms with Crippen molar-refractivity contribution >= 4 is 17.7 Å². The molecular weight excluding hydrogens is 346 g/mol. The van der Waals surface area contributed by atoms with Crippen molar-refractivity contribution in [3.63, 3.8) is 0 Å². The van der Waals surface area contributed by atoms with Crippen LogP contribution < -0.4 is 9.47 Å². The van der Waals surface area contributed by atoms with Gasteiger partial charge in [-0.3, -0.25) is 4.79 Å². The zero-order valence-electron chi connectivity index (χ0n) is 15.9. The fourth-order valence-electron chi connectivity index (χ4n) is 3.12. The van der Waals surface area contributed by atoms with Crippen LogP contribution in [-0.4, -0.2) is 52.1 Å². The molecule has 0 unspecified atom stereocenters. The highest BCUT2D eigenvalue weighted by Gasteiger charge is 2.33. The maximum atomic E-state index is 12.9. The zero-order chi connectivity index (χ0) is 19.4. The van der Waals surface area contributed by atoms with E-state index in [9.17, 15) is 4.79 Å². The van der Waals surface area contributed by atoms with Crippen molar-refractivity contribution in [1.29, 1.82) is 0 Å². The molecule has 0 aromatic heterocycles. The molecule has 6 heteroatoms. The third kappa shape index (κ3) is 3.67. The maximum absolute atomic E-state index is 12.9. The first-order valence-corrected chi connectivity index (χ1v) is 8.53. The first-order chi connectivity index (χ1) is 13.1. The van der Waals surface area contributed by atoms with Crippen LogP contribution >= 0.6 is 0 Å². The van der Waals surface area contributed by atoms with Crippen LogP contribution in [0.25, 0.3) is 11.8 Å². The monoisotopic (exact) mass is 369 g/mol. The van der Waals surface area contributed by atoms with Crippen LogP contribution in [0.2, 0.25) is 0 Å². The molecule has 1 aliphatic rings. The Morgan fingerprint density at radius 2 is 1.59 bits per heavy atom. The van der Waals surface area contributed by atoms with Crippen LogP contribution in [0.4, 0.5) is 0 Å². The Bertz CT molecular complexity index is 857. The second-order valence-electron chi connectivity index (χ2n) is 6.01. The summed E-state index contributed by atoms with van der Waals surface area (Å²) in [6.07, 6.45) is 1.44. The highest BCUT2D eigenvalue weighted by molar-refractivity contribution is 6.11. The lowest BCUT2D eigenvalue weighted by Gasteiger charge is -2.23. The van der Waals surface area contributed by atoms with Crippen molar-refractivity contribution in [2.24, 2.45) is 0 Å². The molecule has 1 amide bonds. The minimum atomic E-state index is -0.517. The third-order valence-electron chi connectivity index (χ3n) is 4.54. The Morgan fingerprint density at radius 1 is 0.926 bits per heavy atom. The van der Waals surface area contributed by atoms with Gasteiger partial charge in [-0.05, 0) is 29.8 Å². The molecule has 0 spiro atoms. The van der Waals surface area contributed by atoms with Crippen molar-refractivity contribution in [2.45, 2.75) is 6.29 Å². The second kappa shape index (κ2) is 8.24. The van der Waals surface area contributed by atoms with Crippen molar-refractivity contribution in [3.8, 4) is 11.5 Å². The third-order valence-corrected chi connectivity index (χ3v) is 4.54. The quantitative estimate of drug-likeness (QED) is 0.701. The number of carbonyl (C=O) groups is 1. The molecule has 0 radical (unpaired) electrons. The van der Waals surface area contributed by atoms with Crippen LogP contribution in [-0.2, 0) is 9.47 Å². The lowest BCUT2D eigenvalue weighted by Crippen LogP contribution is -2.34. The smallest absolute Gasteiger partial charge is 0.259 e. The van der Waals surface area contributed by atoms with Crippen LogP contribution in [0.1, 0.15) is 21.5 Å². The normalized spacial score (nSPS) is 14.8. The van der Waals surface area contributed by atoms with E-state index in [1.165, 1.54) is 0 Å². The topological polar surface area (TPSA) is 57.2 Å². The predicted molar refractivity (Wildman–Crippen MR) is 103 cm³/mol. The molecule has 0 N–H and O–H groups in total. The number of nitrogens with zero attached hydrogens (tertiary/aromatic N) is 1. The summed E-state index contributed by atoms with van der Waals surface area (Å²) >= 11 is 0. The van der Waals surface area contributed by atoms with Gasteiger partial charge >= 0.3 is 0 Å². The Hall–Kier alpha value is -2.83. The maximum Gasteiger partial charge on any atom is 0.259 e. The molecule has 0 saturated heterocycles. The molecule has 0 aliphatic carbocycles. The average molecular weight is 369 g/mol. The minimum Gasteiger partial charge on any atom is -0.493 e. The van der Waals surface area contributed by atoms with E-state index in [0.29, 0.717) is 23.6 Å². The van der Waals surface area contributed by atoms with Crippen molar-refractivity contribution in [2.75, 3.05) is 35.0 Å². The number of carbonyl (C=O) groups excluding carboxylic acids is 1. The van der Waals surface area contributed by atoms with Crippen molar-refractivity contribution in [3.05, 3.63) is 59.2 Å². The van der Waals surface area contributed by atoms with E-state index < -0.39 is 6.29 Å². The zero-order valence-corrected chi connectivity index (χ0v) is 15.9. The van der Waals surface area contributed by atoms with Gasteiger partial charge in [-0.25, -0.2) is 0 Å². The van der Waals surface area contributed by atoms with Gasteiger partial charge in [0.2, 0.25) is 0 Å². The van der Waals surface area contributed by atoms with Gasteiger partial charge in [0.1, 0.15) is 0 Å². The van der Waals surface area contributed by atoms with Crippen LogP contribution in [0.15, 0.2) is 42.5 Å². The van der Waals surface area contributed by atoms with Gasteiger partial charge in [0.25, 0.3) is 5.91 Å². The van der Waals surface area contributed by atoms with Gasteiger partial charge in [0, 0.05) is 25.3 Å². The van der Waals surface area contributed by atoms with Gasteiger partial charge in [-0.15, -0.1) is 0 Å². The summed E-state index contributed by atoms with van der Waals surface area (Å²) < 4.78 is 21.3. The molecule has 0 fully saturated rings. The second-order valence-corrected chi connectivity index (χ2v) is 6.01. The average Bonchev–Trinajstić information content (AvgIpc) is 2.97. The molecule has 0 saturated carbocycles. The van der Waals surface area contributed by atoms with E-state index in [2.05, 4.69) is 0 Å². The van der Waals surface area contributed by atoms with E-state index in [-0.39, 0.29) is 5.91 Å². The molecule has 3 rings (SSSR count). The Labute approximate surface area is 158 Å². The summed E-state index contributed by atoms with van der Waals surface area (Å²) in [6.45, 7) is 0.291. The SMILES string of the molecule is COc1ccc(/C=C2/c3ccccc3C(=O)N2CC(OC)OC)cc1OC. The van der Waals surface area contributed by atoms with Gasteiger partial charge in [0.05, 0.1) is 26.5 Å². The van der Waals surface area contributed by atoms with Crippen LogP contribution in [0, 0.1) is 0 Å². The molecule has 142 valence electrons. The highest BCUT2D eigenvalue weighted by Crippen LogP contribution is 2.36. The molecule has 2 aromatic carbocycles. The standard InChI is InChI=1S/C21H23NO5/c1-24-18-10-9-14(12-19(18)25-2)11-17-15-7-5-6-8-16(15)21(23)22(17)13-20(26-3)27-4/h5-12,20H,13H2,1-4H3/b17-11-. The molecule has 1 heterocycles. The van der Waals surface area contributed by atoms with E-state index >= 15 is 0 Å². The Balaban J connectivity index is 2.06. The van der Waals surface area contributed by atoms with Crippen molar-refractivity contribution in [1.82, 2.24) is 4.90 Å². The molecule has 27 heavy (non-hydrogen) atoms. The molecule has 1 aliphatic heterocycles. The van der Waals surface area contributed by atoms with E-state index in [4.69, 9.17) is 18.9 Å². The Kier molecular flexibility index (Phi) is 5.78. The minimum absolute atomic E-state index is 0.0728. The summed E-state index contributed by atoms with van der Waals surface area (Å²) in [5.74, 6) is 1.21. The van der Waals surface area contributed by atoms with Crippen LogP contribution in [0.5, 0.6) is 11.5 Å². The number of rotatable bonds is 7.